The molecular weight excluding hydrogens is 295 g/mol. The average Bonchev–Trinajstić information content (AvgIpc) is 3.14. The van der Waals surface area contributed by atoms with Crippen molar-refractivity contribution in [1.82, 2.24) is 25.4 Å². The highest BCUT2D eigenvalue weighted by Crippen LogP contribution is 2.35. The number of pyridine rings is 1. The molecule has 110 valence electrons. The van der Waals surface area contributed by atoms with Gasteiger partial charge >= 0.3 is 6.18 Å². The molecule has 0 radical (unpaired) electrons. The molecule has 0 saturated heterocycles. The lowest BCUT2D eigenvalue weighted by atomic mass is 10.1. The Bertz CT molecular complexity index is 983. The van der Waals surface area contributed by atoms with Gasteiger partial charge in [-0.15, -0.1) is 0 Å². The number of aromatic nitrogens is 5. The molecule has 0 atom stereocenters. The molecule has 3 heterocycles. The Balaban J connectivity index is 1.94. The number of aromatic amines is 2. The van der Waals surface area contributed by atoms with Crippen LogP contribution >= 0.6 is 0 Å². The summed E-state index contributed by atoms with van der Waals surface area (Å²) < 4.78 is 38.8. The molecule has 2 N–H and O–H groups in total. The Hall–Kier alpha value is -2.90. The lowest BCUT2D eigenvalue weighted by molar-refractivity contribution is -0.140. The average molecular weight is 303 g/mol. The van der Waals surface area contributed by atoms with Gasteiger partial charge in [-0.05, 0) is 24.3 Å². The van der Waals surface area contributed by atoms with E-state index in [1.807, 2.05) is 6.07 Å². The van der Waals surface area contributed by atoms with Crippen molar-refractivity contribution in [3.8, 4) is 11.3 Å². The van der Waals surface area contributed by atoms with E-state index < -0.39 is 11.9 Å². The van der Waals surface area contributed by atoms with Gasteiger partial charge in [-0.25, -0.2) is 4.98 Å². The Morgan fingerprint density at radius 1 is 1.05 bits per heavy atom. The quantitative estimate of drug-likeness (QED) is 0.565. The highest BCUT2D eigenvalue weighted by molar-refractivity contribution is 6.04. The largest absolute Gasteiger partial charge is 0.435 e. The number of rotatable bonds is 1. The van der Waals surface area contributed by atoms with E-state index >= 15 is 0 Å². The van der Waals surface area contributed by atoms with Crippen LogP contribution in [0.5, 0.6) is 0 Å². The molecule has 0 aliphatic heterocycles. The Morgan fingerprint density at radius 3 is 2.73 bits per heavy atom. The molecule has 0 saturated carbocycles. The van der Waals surface area contributed by atoms with E-state index in [2.05, 4.69) is 25.4 Å². The van der Waals surface area contributed by atoms with E-state index in [1.165, 1.54) is 6.20 Å². The smallest absolute Gasteiger partial charge is 0.284 e. The maximum atomic E-state index is 12.9. The summed E-state index contributed by atoms with van der Waals surface area (Å²) in [5.74, 6) is 0. The molecule has 3 aromatic heterocycles. The van der Waals surface area contributed by atoms with Gasteiger partial charge in [0.25, 0.3) is 0 Å². The summed E-state index contributed by atoms with van der Waals surface area (Å²) in [6, 6.07) is 6.84. The number of alkyl halides is 3. The molecule has 22 heavy (non-hydrogen) atoms. The molecule has 0 amide bonds. The van der Waals surface area contributed by atoms with Crippen LogP contribution in [0, 0.1) is 0 Å². The van der Waals surface area contributed by atoms with Gasteiger partial charge in [0, 0.05) is 17.0 Å². The van der Waals surface area contributed by atoms with E-state index in [0.717, 1.165) is 16.3 Å². The van der Waals surface area contributed by atoms with Crippen LogP contribution < -0.4 is 0 Å². The zero-order chi connectivity index (χ0) is 15.3. The number of benzene rings is 1. The molecule has 0 unspecified atom stereocenters. The van der Waals surface area contributed by atoms with Crippen LogP contribution in [0.25, 0.3) is 33.1 Å². The van der Waals surface area contributed by atoms with Crippen molar-refractivity contribution in [3.63, 3.8) is 0 Å². The zero-order valence-electron chi connectivity index (χ0n) is 10.9. The van der Waals surface area contributed by atoms with Gasteiger partial charge in [-0.2, -0.15) is 23.4 Å². The number of halogens is 3. The lowest BCUT2D eigenvalue weighted by Crippen LogP contribution is -2.07. The molecule has 0 bridgehead atoms. The monoisotopic (exact) mass is 303 g/mol. The third kappa shape index (κ3) is 1.84. The first-order chi connectivity index (χ1) is 10.5. The van der Waals surface area contributed by atoms with Gasteiger partial charge in [0.05, 0.1) is 28.5 Å². The Morgan fingerprint density at radius 2 is 1.91 bits per heavy atom. The molecule has 1 aromatic carbocycles. The van der Waals surface area contributed by atoms with Gasteiger partial charge in [0.2, 0.25) is 0 Å². The minimum atomic E-state index is -4.53. The van der Waals surface area contributed by atoms with Crippen LogP contribution in [-0.2, 0) is 6.18 Å². The van der Waals surface area contributed by atoms with Gasteiger partial charge in [0.15, 0.2) is 5.69 Å². The lowest BCUT2D eigenvalue weighted by Gasteiger charge is -2.07. The Kier molecular flexibility index (Phi) is 2.50. The number of fused-ring (bicyclic) bond motifs is 3. The third-order valence-electron chi connectivity index (χ3n) is 3.47. The van der Waals surface area contributed by atoms with Gasteiger partial charge < -0.3 is 0 Å². The fourth-order valence-corrected chi connectivity index (χ4v) is 2.47. The number of H-pyrrole nitrogens is 2. The summed E-state index contributed by atoms with van der Waals surface area (Å²) in [6.07, 6.45) is -1.65. The van der Waals surface area contributed by atoms with E-state index in [4.69, 9.17) is 0 Å². The summed E-state index contributed by atoms with van der Waals surface area (Å²) in [7, 11) is 0. The Labute approximate surface area is 121 Å². The summed E-state index contributed by atoms with van der Waals surface area (Å²) in [4.78, 5) is 4.31. The first-order valence-electron chi connectivity index (χ1n) is 6.38. The van der Waals surface area contributed by atoms with Crippen LogP contribution in [0.15, 0.2) is 36.7 Å². The van der Waals surface area contributed by atoms with E-state index in [-0.39, 0.29) is 11.3 Å². The first-order valence-corrected chi connectivity index (χ1v) is 6.38. The molecule has 5 nitrogen and oxygen atoms in total. The minimum Gasteiger partial charge on any atom is -0.284 e. The zero-order valence-corrected chi connectivity index (χ0v) is 10.9. The van der Waals surface area contributed by atoms with Crippen molar-refractivity contribution < 1.29 is 13.2 Å². The molecule has 4 rings (SSSR count). The topological polar surface area (TPSA) is 70.2 Å². The van der Waals surface area contributed by atoms with Crippen molar-refractivity contribution in [3.05, 3.63) is 42.4 Å². The molecule has 0 aliphatic carbocycles. The first kappa shape index (κ1) is 12.8. The molecular formula is C14H8F3N5. The van der Waals surface area contributed by atoms with Crippen molar-refractivity contribution in [2.75, 3.05) is 0 Å². The van der Waals surface area contributed by atoms with Crippen LogP contribution in [0.4, 0.5) is 13.2 Å². The van der Waals surface area contributed by atoms with Crippen LogP contribution in [0.3, 0.4) is 0 Å². The third-order valence-corrected chi connectivity index (χ3v) is 3.47. The van der Waals surface area contributed by atoms with Gasteiger partial charge in [-0.1, -0.05) is 0 Å². The number of nitrogens with one attached hydrogen (secondary N) is 2. The fraction of sp³-hybridized carbons (Fsp3) is 0.0714. The SMILES string of the molecule is FC(F)(F)c1n[nH]cc1-c1ccc2c(ccc3cn[nH]c32)n1. The summed E-state index contributed by atoms with van der Waals surface area (Å²) in [5.41, 5.74) is 0.567. The second-order valence-corrected chi connectivity index (χ2v) is 4.81. The van der Waals surface area contributed by atoms with Gasteiger partial charge in [0.1, 0.15) is 0 Å². The number of hydrogen-bond donors (Lipinski definition) is 2. The summed E-state index contributed by atoms with van der Waals surface area (Å²) in [6.45, 7) is 0. The molecule has 0 spiro atoms. The second kappa shape index (κ2) is 4.30. The van der Waals surface area contributed by atoms with E-state index in [1.54, 1.807) is 24.4 Å². The standard InChI is InChI=1S/C14H8F3N5/c15-14(16,17)13-9(6-19-22-13)11-4-2-8-10(20-11)3-1-7-5-18-21-12(7)8/h1-6H,(H,18,21)(H,19,22). The van der Waals surface area contributed by atoms with Crippen LogP contribution in [0.2, 0.25) is 0 Å². The highest BCUT2D eigenvalue weighted by Gasteiger charge is 2.37. The predicted molar refractivity (Wildman–Crippen MR) is 74.0 cm³/mol. The maximum Gasteiger partial charge on any atom is 0.435 e. The number of hydrogen-bond acceptors (Lipinski definition) is 3. The normalized spacial score (nSPS) is 12.3. The van der Waals surface area contributed by atoms with Crippen molar-refractivity contribution >= 4 is 21.8 Å². The highest BCUT2D eigenvalue weighted by atomic mass is 19.4. The molecule has 0 aliphatic rings. The number of nitrogens with zero attached hydrogens (tertiary/aromatic N) is 3. The van der Waals surface area contributed by atoms with E-state index in [9.17, 15) is 13.2 Å². The second-order valence-electron chi connectivity index (χ2n) is 4.81. The van der Waals surface area contributed by atoms with Crippen molar-refractivity contribution in [2.24, 2.45) is 0 Å². The molecule has 0 fully saturated rings. The summed E-state index contributed by atoms with van der Waals surface area (Å²) in [5, 5.41) is 14.1. The molecule has 4 aromatic rings. The van der Waals surface area contributed by atoms with Gasteiger partial charge in [-0.3, -0.25) is 10.2 Å². The van der Waals surface area contributed by atoms with Crippen molar-refractivity contribution in [1.29, 1.82) is 0 Å². The predicted octanol–water partition coefficient (Wildman–Crippen LogP) is 3.52. The maximum absolute atomic E-state index is 12.9. The van der Waals surface area contributed by atoms with Crippen molar-refractivity contribution in [2.45, 2.75) is 6.18 Å². The fourth-order valence-electron chi connectivity index (χ4n) is 2.47. The summed E-state index contributed by atoms with van der Waals surface area (Å²) >= 11 is 0. The minimum absolute atomic E-state index is 0.0703. The van der Waals surface area contributed by atoms with Crippen LogP contribution in [-0.4, -0.2) is 25.4 Å². The van der Waals surface area contributed by atoms with Crippen LogP contribution in [0.1, 0.15) is 5.69 Å². The van der Waals surface area contributed by atoms with E-state index in [0.29, 0.717) is 5.52 Å². The molecule has 8 heteroatoms.